The summed E-state index contributed by atoms with van der Waals surface area (Å²) >= 11 is 0. The summed E-state index contributed by atoms with van der Waals surface area (Å²) in [6.07, 6.45) is 2.18. The van der Waals surface area contributed by atoms with Gasteiger partial charge in [0.15, 0.2) is 0 Å². The maximum absolute atomic E-state index is 12.1. The smallest absolute Gasteiger partial charge is 0.225 e. The van der Waals surface area contributed by atoms with E-state index in [0.717, 1.165) is 39.0 Å². The van der Waals surface area contributed by atoms with Crippen molar-refractivity contribution in [2.24, 2.45) is 5.92 Å². The molecule has 0 spiro atoms. The molecule has 1 N–H and O–H groups in total. The van der Waals surface area contributed by atoms with Crippen LogP contribution < -0.4 is 5.32 Å². The summed E-state index contributed by atoms with van der Waals surface area (Å²) in [5.74, 6) is 0.586. The molecule has 2 saturated heterocycles. The van der Waals surface area contributed by atoms with Crippen LogP contribution in [-0.4, -0.2) is 49.7 Å². The third kappa shape index (κ3) is 2.69. The summed E-state index contributed by atoms with van der Waals surface area (Å²) in [4.78, 5) is 14.1. The predicted molar refractivity (Wildman–Crippen MR) is 57.6 cm³/mol. The number of carbonyl (C=O) groups is 1. The number of morpholine rings is 1. The van der Waals surface area contributed by atoms with E-state index in [1.165, 1.54) is 0 Å². The van der Waals surface area contributed by atoms with Gasteiger partial charge in [0.2, 0.25) is 5.91 Å². The quantitative estimate of drug-likeness (QED) is 0.676. The summed E-state index contributed by atoms with van der Waals surface area (Å²) in [6, 6.07) is 0. The molecule has 1 atom stereocenters. The van der Waals surface area contributed by atoms with Gasteiger partial charge >= 0.3 is 0 Å². The van der Waals surface area contributed by atoms with Gasteiger partial charge in [-0.05, 0) is 32.9 Å². The molecule has 4 nitrogen and oxygen atoms in total. The molecule has 86 valence electrons. The van der Waals surface area contributed by atoms with Crippen molar-refractivity contribution in [2.75, 3.05) is 32.8 Å². The summed E-state index contributed by atoms with van der Waals surface area (Å²) in [5, 5.41) is 3.29. The fraction of sp³-hybridized carbons (Fsp3) is 0.909. The first-order chi connectivity index (χ1) is 7.27. The molecule has 2 fully saturated rings. The second kappa shape index (κ2) is 4.94. The highest BCUT2D eigenvalue weighted by Gasteiger charge is 2.28. The first-order valence-corrected chi connectivity index (χ1v) is 5.88. The van der Waals surface area contributed by atoms with Crippen molar-refractivity contribution >= 4 is 5.91 Å². The van der Waals surface area contributed by atoms with Crippen LogP contribution in [0, 0.1) is 5.92 Å². The van der Waals surface area contributed by atoms with Crippen LogP contribution >= 0.6 is 0 Å². The van der Waals surface area contributed by atoms with Gasteiger partial charge in [0.1, 0.15) is 0 Å². The van der Waals surface area contributed by atoms with E-state index < -0.39 is 0 Å². The Bertz CT molecular complexity index is 227. The lowest BCUT2D eigenvalue weighted by molar-refractivity contribution is -0.143. The van der Waals surface area contributed by atoms with Gasteiger partial charge in [0.05, 0.1) is 12.7 Å². The molecule has 2 aliphatic rings. The lowest BCUT2D eigenvalue weighted by Gasteiger charge is -2.34. The molecule has 0 aliphatic carbocycles. The van der Waals surface area contributed by atoms with E-state index in [-0.39, 0.29) is 12.0 Å². The van der Waals surface area contributed by atoms with Crippen molar-refractivity contribution in [3.63, 3.8) is 0 Å². The number of nitrogens with zero attached hydrogens (tertiary/aromatic N) is 1. The Morgan fingerprint density at radius 2 is 2.13 bits per heavy atom. The molecule has 15 heavy (non-hydrogen) atoms. The Morgan fingerprint density at radius 1 is 1.40 bits per heavy atom. The zero-order valence-electron chi connectivity index (χ0n) is 9.37. The molecule has 1 unspecified atom stereocenters. The number of carbonyl (C=O) groups excluding carboxylic acids is 1. The Morgan fingerprint density at radius 3 is 2.80 bits per heavy atom. The minimum absolute atomic E-state index is 0.199. The molecule has 0 radical (unpaired) electrons. The number of hydrogen-bond acceptors (Lipinski definition) is 3. The van der Waals surface area contributed by atoms with Crippen LogP contribution in [-0.2, 0) is 9.53 Å². The summed E-state index contributed by atoms with van der Waals surface area (Å²) in [6.45, 7) is 6.22. The van der Waals surface area contributed by atoms with Crippen molar-refractivity contribution in [3.05, 3.63) is 0 Å². The van der Waals surface area contributed by atoms with Crippen LogP contribution in [0.1, 0.15) is 19.8 Å². The number of amides is 1. The molecule has 2 aliphatic heterocycles. The van der Waals surface area contributed by atoms with E-state index in [1.54, 1.807) is 0 Å². The second-order valence-electron chi connectivity index (χ2n) is 4.49. The molecule has 4 heteroatoms. The Labute approximate surface area is 91.0 Å². The molecule has 0 bridgehead atoms. The van der Waals surface area contributed by atoms with Crippen LogP contribution in [0.5, 0.6) is 0 Å². The topological polar surface area (TPSA) is 41.6 Å². The van der Waals surface area contributed by atoms with Crippen LogP contribution in [0.15, 0.2) is 0 Å². The highest BCUT2D eigenvalue weighted by Crippen LogP contribution is 2.17. The van der Waals surface area contributed by atoms with Crippen molar-refractivity contribution < 1.29 is 9.53 Å². The normalized spacial score (nSPS) is 29.1. The van der Waals surface area contributed by atoms with Crippen molar-refractivity contribution in [1.82, 2.24) is 10.2 Å². The van der Waals surface area contributed by atoms with Crippen LogP contribution in [0.25, 0.3) is 0 Å². The number of hydrogen-bond donors (Lipinski definition) is 1. The highest BCUT2D eigenvalue weighted by atomic mass is 16.5. The monoisotopic (exact) mass is 212 g/mol. The first kappa shape index (κ1) is 10.9. The van der Waals surface area contributed by atoms with Crippen molar-refractivity contribution in [3.8, 4) is 0 Å². The predicted octanol–water partition coefficient (Wildman–Crippen LogP) is 0.233. The number of nitrogens with one attached hydrogen (secondary N) is 1. The Balaban J connectivity index is 1.88. The molecule has 0 aromatic heterocycles. The number of ether oxygens (including phenoxy) is 1. The summed E-state index contributed by atoms with van der Waals surface area (Å²) in [5.41, 5.74) is 0. The van der Waals surface area contributed by atoms with Crippen molar-refractivity contribution in [2.45, 2.75) is 25.9 Å². The van der Waals surface area contributed by atoms with Crippen LogP contribution in [0.4, 0.5) is 0 Å². The Kier molecular flexibility index (Phi) is 3.59. The molecule has 1 amide bonds. The molecule has 0 saturated carbocycles. The van der Waals surface area contributed by atoms with Gasteiger partial charge in [-0.1, -0.05) is 0 Å². The van der Waals surface area contributed by atoms with E-state index in [1.807, 2.05) is 11.8 Å². The number of piperidine rings is 1. The molecule has 0 aromatic rings. The van der Waals surface area contributed by atoms with E-state index in [2.05, 4.69) is 5.32 Å². The molecule has 2 rings (SSSR count). The summed E-state index contributed by atoms with van der Waals surface area (Å²) in [7, 11) is 0. The lowest BCUT2D eigenvalue weighted by atomic mass is 9.96. The maximum atomic E-state index is 12.1. The standard InChI is InChI=1S/C11H20N2O2/c1-9-8-13(6-7-15-9)11(14)10-2-4-12-5-3-10/h9-10,12H,2-8H2,1H3. The van der Waals surface area contributed by atoms with Crippen LogP contribution in [0.2, 0.25) is 0 Å². The third-order valence-corrected chi connectivity index (χ3v) is 3.24. The maximum Gasteiger partial charge on any atom is 0.225 e. The van der Waals surface area contributed by atoms with E-state index in [9.17, 15) is 4.79 Å². The summed E-state index contributed by atoms with van der Waals surface area (Å²) < 4.78 is 5.44. The minimum atomic E-state index is 0.199. The molecular formula is C11H20N2O2. The van der Waals surface area contributed by atoms with Gasteiger partial charge < -0.3 is 15.0 Å². The number of rotatable bonds is 1. The van der Waals surface area contributed by atoms with E-state index >= 15 is 0 Å². The van der Waals surface area contributed by atoms with Crippen molar-refractivity contribution in [1.29, 1.82) is 0 Å². The van der Waals surface area contributed by atoms with Gasteiger partial charge in [0.25, 0.3) is 0 Å². The van der Waals surface area contributed by atoms with Gasteiger partial charge in [0, 0.05) is 19.0 Å². The zero-order chi connectivity index (χ0) is 10.7. The lowest BCUT2D eigenvalue weighted by Crippen LogP contribution is -2.48. The molecule has 0 aromatic carbocycles. The highest BCUT2D eigenvalue weighted by molar-refractivity contribution is 5.79. The molecular weight excluding hydrogens is 192 g/mol. The first-order valence-electron chi connectivity index (χ1n) is 5.88. The average molecular weight is 212 g/mol. The van der Waals surface area contributed by atoms with Gasteiger partial charge in [-0.25, -0.2) is 0 Å². The largest absolute Gasteiger partial charge is 0.375 e. The van der Waals surface area contributed by atoms with Gasteiger partial charge in [-0.3, -0.25) is 4.79 Å². The fourth-order valence-electron chi connectivity index (χ4n) is 2.35. The zero-order valence-corrected chi connectivity index (χ0v) is 9.37. The fourth-order valence-corrected chi connectivity index (χ4v) is 2.35. The van der Waals surface area contributed by atoms with Gasteiger partial charge in [-0.15, -0.1) is 0 Å². The van der Waals surface area contributed by atoms with E-state index in [4.69, 9.17) is 4.74 Å². The average Bonchev–Trinajstić information content (AvgIpc) is 2.29. The third-order valence-electron chi connectivity index (χ3n) is 3.24. The minimum Gasteiger partial charge on any atom is -0.375 e. The Hall–Kier alpha value is -0.610. The second-order valence-corrected chi connectivity index (χ2v) is 4.49. The SMILES string of the molecule is CC1CN(C(=O)C2CCNCC2)CCO1. The van der Waals surface area contributed by atoms with Gasteiger partial charge in [-0.2, -0.15) is 0 Å². The van der Waals surface area contributed by atoms with Crippen LogP contribution in [0.3, 0.4) is 0 Å². The molecule has 2 heterocycles. The van der Waals surface area contributed by atoms with E-state index in [0.29, 0.717) is 12.5 Å².